The molecule has 0 saturated heterocycles. The Labute approximate surface area is 156 Å². The molecular formula is C19H28N2O4Si. The van der Waals surface area contributed by atoms with E-state index in [-0.39, 0.29) is 5.04 Å². The van der Waals surface area contributed by atoms with Crippen molar-refractivity contribution in [2.24, 2.45) is 0 Å². The SMILES string of the molecule is COC(=O)[C@H](CCO[Si](C)(C)C(C)(C)C)NC(=O)c1ccc(C#N)cc1. The first kappa shape index (κ1) is 21.9. The summed E-state index contributed by atoms with van der Waals surface area (Å²) < 4.78 is 10.9. The Balaban J connectivity index is 2.73. The molecule has 0 aromatic heterocycles. The van der Waals surface area contributed by atoms with Crippen LogP contribution in [0.15, 0.2) is 24.3 Å². The van der Waals surface area contributed by atoms with Crippen molar-refractivity contribution in [3.63, 3.8) is 0 Å². The molecule has 0 bridgehead atoms. The normalized spacial score (nSPS) is 12.8. The molecule has 0 aliphatic rings. The number of nitrogens with one attached hydrogen (secondary N) is 1. The molecule has 0 heterocycles. The summed E-state index contributed by atoms with van der Waals surface area (Å²) in [5.74, 6) is -0.900. The van der Waals surface area contributed by atoms with Gasteiger partial charge in [-0.05, 0) is 42.4 Å². The van der Waals surface area contributed by atoms with Crippen molar-refractivity contribution in [1.29, 1.82) is 5.26 Å². The van der Waals surface area contributed by atoms with E-state index in [2.05, 4.69) is 39.2 Å². The Hall–Kier alpha value is -2.17. The number of hydrogen-bond acceptors (Lipinski definition) is 5. The van der Waals surface area contributed by atoms with Gasteiger partial charge in [0.25, 0.3) is 5.91 Å². The van der Waals surface area contributed by atoms with E-state index in [0.29, 0.717) is 24.2 Å². The largest absolute Gasteiger partial charge is 0.467 e. The first-order valence-corrected chi connectivity index (χ1v) is 11.5. The summed E-state index contributed by atoms with van der Waals surface area (Å²) in [7, 11) is -0.637. The van der Waals surface area contributed by atoms with Gasteiger partial charge in [-0.2, -0.15) is 5.26 Å². The van der Waals surface area contributed by atoms with Crippen molar-refractivity contribution in [2.45, 2.75) is 51.4 Å². The molecule has 26 heavy (non-hydrogen) atoms. The van der Waals surface area contributed by atoms with Crippen LogP contribution >= 0.6 is 0 Å². The number of methoxy groups -OCH3 is 1. The molecule has 0 aliphatic heterocycles. The Morgan fingerprint density at radius 2 is 1.81 bits per heavy atom. The molecule has 0 radical (unpaired) electrons. The highest BCUT2D eigenvalue weighted by Crippen LogP contribution is 2.36. The smallest absolute Gasteiger partial charge is 0.328 e. The van der Waals surface area contributed by atoms with Gasteiger partial charge in [0.1, 0.15) is 6.04 Å². The number of benzene rings is 1. The number of carbonyl (C=O) groups is 2. The van der Waals surface area contributed by atoms with Crippen LogP contribution in [0.5, 0.6) is 0 Å². The van der Waals surface area contributed by atoms with E-state index in [4.69, 9.17) is 14.4 Å². The van der Waals surface area contributed by atoms with Crippen LogP contribution in [-0.2, 0) is 14.0 Å². The van der Waals surface area contributed by atoms with Crippen LogP contribution in [0.4, 0.5) is 0 Å². The molecule has 1 amide bonds. The van der Waals surface area contributed by atoms with Crippen molar-refractivity contribution in [2.75, 3.05) is 13.7 Å². The molecule has 1 atom stereocenters. The summed E-state index contributed by atoms with van der Waals surface area (Å²) in [6.45, 7) is 11.1. The highest BCUT2D eigenvalue weighted by molar-refractivity contribution is 6.74. The second-order valence-corrected chi connectivity index (χ2v) is 12.4. The van der Waals surface area contributed by atoms with Crippen molar-refractivity contribution < 1.29 is 18.8 Å². The van der Waals surface area contributed by atoms with E-state index in [1.54, 1.807) is 24.3 Å². The summed E-state index contributed by atoms with van der Waals surface area (Å²) in [5, 5.41) is 11.6. The van der Waals surface area contributed by atoms with Crippen molar-refractivity contribution in [3.8, 4) is 6.07 Å². The molecule has 1 N–H and O–H groups in total. The third-order valence-electron chi connectivity index (χ3n) is 4.74. The fourth-order valence-electron chi connectivity index (χ4n) is 1.98. The Morgan fingerprint density at radius 1 is 1.23 bits per heavy atom. The quantitative estimate of drug-likeness (QED) is 0.583. The van der Waals surface area contributed by atoms with E-state index in [1.807, 2.05) is 6.07 Å². The Bertz CT molecular complexity index is 672. The number of amides is 1. The van der Waals surface area contributed by atoms with Gasteiger partial charge in [0, 0.05) is 18.6 Å². The molecule has 1 aromatic carbocycles. The number of ether oxygens (including phenoxy) is 1. The summed E-state index contributed by atoms with van der Waals surface area (Å²) >= 11 is 0. The van der Waals surface area contributed by atoms with Crippen LogP contribution in [0.1, 0.15) is 43.1 Å². The van der Waals surface area contributed by atoms with E-state index < -0.39 is 26.2 Å². The van der Waals surface area contributed by atoms with Gasteiger partial charge < -0.3 is 14.5 Å². The van der Waals surface area contributed by atoms with E-state index in [0.717, 1.165) is 0 Å². The van der Waals surface area contributed by atoms with Crippen molar-refractivity contribution >= 4 is 20.2 Å². The monoisotopic (exact) mass is 376 g/mol. The average molecular weight is 377 g/mol. The van der Waals surface area contributed by atoms with Crippen LogP contribution in [0, 0.1) is 11.3 Å². The lowest BCUT2D eigenvalue weighted by Gasteiger charge is -2.36. The number of nitrogens with zero attached hydrogens (tertiary/aromatic N) is 1. The zero-order valence-corrected chi connectivity index (χ0v) is 17.4. The number of carbonyl (C=O) groups excluding carboxylic acids is 2. The number of nitriles is 1. The lowest BCUT2D eigenvalue weighted by Crippen LogP contribution is -2.45. The average Bonchev–Trinajstić information content (AvgIpc) is 2.59. The zero-order chi connectivity index (χ0) is 20.0. The second-order valence-electron chi connectivity index (χ2n) is 7.64. The number of esters is 1. The van der Waals surface area contributed by atoms with Gasteiger partial charge in [-0.3, -0.25) is 4.79 Å². The molecule has 7 heteroatoms. The van der Waals surface area contributed by atoms with Crippen LogP contribution < -0.4 is 5.32 Å². The zero-order valence-electron chi connectivity index (χ0n) is 16.4. The molecule has 6 nitrogen and oxygen atoms in total. The fourth-order valence-corrected chi connectivity index (χ4v) is 3.04. The minimum absolute atomic E-state index is 0.0689. The lowest BCUT2D eigenvalue weighted by molar-refractivity contribution is -0.143. The van der Waals surface area contributed by atoms with Gasteiger partial charge in [-0.25, -0.2) is 4.79 Å². The van der Waals surface area contributed by atoms with Crippen molar-refractivity contribution in [1.82, 2.24) is 5.32 Å². The van der Waals surface area contributed by atoms with Gasteiger partial charge in [-0.1, -0.05) is 20.8 Å². The molecule has 142 valence electrons. The predicted octanol–water partition coefficient (Wildman–Crippen LogP) is 3.24. The molecule has 0 unspecified atom stereocenters. The standard InChI is InChI=1S/C19H28N2O4Si/c1-19(2,3)26(5,6)25-12-11-16(18(23)24-4)21-17(22)15-9-7-14(13-20)8-10-15/h7-10,16H,11-12H2,1-6H3,(H,21,22)/t16-/m0/s1. The first-order valence-electron chi connectivity index (χ1n) is 8.54. The Kier molecular flexibility index (Phi) is 7.54. The van der Waals surface area contributed by atoms with Gasteiger partial charge in [0.2, 0.25) is 0 Å². The molecule has 0 aliphatic carbocycles. The van der Waals surface area contributed by atoms with Gasteiger partial charge in [0.15, 0.2) is 8.32 Å². The maximum atomic E-state index is 12.4. The van der Waals surface area contributed by atoms with Crippen LogP contribution in [0.3, 0.4) is 0 Å². The first-order chi connectivity index (χ1) is 12.0. The van der Waals surface area contributed by atoms with E-state index in [9.17, 15) is 9.59 Å². The van der Waals surface area contributed by atoms with E-state index in [1.165, 1.54) is 7.11 Å². The van der Waals surface area contributed by atoms with Crippen molar-refractivity contribution in [3.05, 3.63) is 35.4 Å². The minimum Gasteiger partial charge on any atom is -0.467 e. The molecule has 0 fully saturated rings. The van der Waals surface area contributed by atoms with Crippen LogP contribution in [0.2, 0.25) is 18.1 Å². The summed E-state index contributed by atoms with van der Waals surface area (Å²) in [4.78, 5) is 24.4. The van der Waals surface area contributed by atoms with Crippen LogP contribution in [0.25, 0.3) is 0 Å². The highest BCUT2D eigenvalue weighted by Gasteiger charge is 2.37. The maximum absolute atomic E-state index is 12.4. The summed E-state index contributed by atoms with van der Waals surface area (Å²) in [6.07, 6.45) is 0.335. The maximum Gasteiger partial charge on any atom is 0.328 e. The van der Waals surface area contributed by atoms with Gasteiger partial charge in [0.05, 0.1) is 18.7 Å². The minimum atomic E-state index is -1.93. The second kappa shape index (κ2) is 8.97. The fraction of sp³-hybridized carbons (Fsp3) is 0.526. The Morgan fingerprint density at radius 3 is 2.27 bits per heavy atom. The highest BCUT2D eigenvalue weighted by atomic mass is 28.4. The third kappa shape index (κ3) is 5.97. The number of rotatable bonds is 7. The number of hydrogen-bond donors (Lipinski definition) is 1. The molecule has 0 saturated carbocycles. The molecule has 1 rings (SSSR count). The summed E-state index contributed by atoms with van der Waals surface area (Å²) in [6, 6.07) is 7.43. The van der Waals surface area contributed by atoms with Gasteiger partial charge >= 0.3 is 5.97 Å². The summed E-state index contributed by atoms with van der Waals surface area (Å²) in [5.41, 5.74) is 0.844. The topological polar surface area (TPSA) is 88.4 Å². The van der Waals surface area contributed by atoms with Gasteiger partial charge in [-0.15, -0.1) is 0 Å². The van der Waals surface area contributed by atoms with E-state index >= 15 is 0 Å². The molecule has 1 aromatic rings. The third-order valence-corrected chi connectivity index (χ3v) is 9.28. The van der Waals surface area contributed by atoms with Crippen LogP contribution in [-0.4, -0.2) is 40.0 Å². The molecule has 0 spiro atoms. The lowest BCUT2D eigenvalue weighted by atomic mass is 10.1. The predicted molar refractivity (Wildman–Crippen MR) is 102 cm³/mol. The molecular weight excluding hydrogens is 348 g/mol.